The maximum atomic E-state index is 9.20. The SMILES string of the molecule is CC(CO)C(C)NC1(CN)CCN(C2CC2)C1. The Bertz CT molecular complexity index is 257. The van der Waals surface area contributed by atoms with Crippen molar-refractivity contribution in [3.63, 3.8) is 0 Å². The fraction of sp³-hybridized carbons (Fsp3) is 1.00. The van der Waals surface area contributed by atoms with Crippen molar-refractivity contribution in [3.05, 3.63) is 0 Å². The second-order valence-electron chi connectivity index (χ2n) is 6.03. The molecule has 1 aliphatic heterocycles. The Morgan fingerprint density at radius 3 is 2.71 bits per heavy atom. The van der Waals surface area contributed by atoms with Crippen molar-refractivity contribution in [2.45, 2.75) is 50.7 Å². The van der Waals surface area contributed by atoms with Crippen LogP contribution in [0.3, 0.4) is 0 Å². The van der Waals surface area contributed by atoms with Crippen LogP contribution < -0.4 is 11.1 Å². The van der Waals surface area contributed by atoms with E-state index in [4.69, 9.17) is 5.73 Å². The average molecular weight is 241 g/mol. The molecule has 1 aliphatic carbocycles. The second kappa shape index (κ2) is 5.22. The van der Waals surface area contributed by atoms with E-state index < -0.39 is 0 Å². The fourth-order valence-corrected chi connectivity index (χ4v) is 2.78. The summed E-state index contributed by atoms with van der Waals surface area (Å²) in [6.07, 6.45) is 3.87. The molecule has 0 amide bonds. The molecule has 3 atom stereocenters. The molecule has 1 saturated carbocycles. The van der Waals surface area contributed by atoms with E-state index in [9.17, 15) is 5.11 Å². The fourth-order valence-electron chi connectivity index (χ4n) is 2.78. The molecule has 4 nitrogen and oxygen atoms in total. The zero-order chi connectivity index (χ0) is 12.5. The lowest BCUT2D eigenvalue weighted by molar-refractivity contribution is 0.178. The zero-order valence-electron chi connectivity index (χ0n) is 11.2. The second-order valence-corrected chi connectivity index (χ2v) is 6.03. The summed E-state index contributed by atoms with van der Waals surface area (Å²) in [5.41, 5.74) is 6.06. The Balaban J connectivity index is 1.91. The van der Waals surface area contributed by atoms with Crippen LogP contribution in [0.2, 0.25) is 0 Å². The van der Waals surface area contributed by atoms with Gasteiger partial charge in [0.15, 0.2) is 0 Å². The standard InChI is InChI=1S/C13H27N3O/c1-10(7-17)11(2)15-13(8-14)5-6-16(9-13)12-3-4-12/h10-12,15,17H,3-9,14H2,1-2H3. The Labute approximate surface area is 105 Å². The van der Waals surface area contributed by atoms with E-state index in [2.05, 4.69) is 24.1 Å². The molecule has 1 heterocycles. The van der Waals surface area contributed by atoms with Crippen molar-refractivity contribution in [1.29, 1.82) is 0 Å². The number of rotatable bonds is 6. The summed E-state index contributed by atoms with van der Waals surface area (Å²) < 4.78 is 0. The first-order valence-electron chi connectivity index (χ1n) is 6.93. The van der Waals surface area contributed by atoms with Crippen LogP contribution in [0.15, 0.2) is 0 Å². The van der Waals surface area contributed by atoms with E-state index in [0.29, 0.717) is 12.6 Å². The number of nitrogens with one attached hydrogen (secondary N) is 1. The highest BCUT2D eigenvalue weighted by molar-refractivity contribution is 5.03. The Kier molecular flexibility index (Phi) is 4.08. The number of aliphatic hydroxyl groups is 1. The molecule has 0 bridgehead atoms. The van der Waals surface area contributed by atoms with Crippen LogP contribution in [0, 0.1) is 5.92 Å². The minimum atomic E-state index is 0.0748. The third-order valence-electron chi connectivity index (χ3n) is 4.51. The summed E-state index contributed by atoms with van der Waals surface area (Å²) in [6, 6.07) is 1.15. The molecule has 2 fully saturated rings. The van der Waals surface area contributed by atoms with E-state index in [0.717, 1.165) is 19.0 Å². The third kappa shape index (κ3) is 2.99. The molecule has 0 aromatic heterocycles. The molecule has 3 unspecified atom stereocenters. The van der Waals surface area contributed by atoms with Gasteiger partial charge in [-0.05, 0) is 32.1 Å². The first kappa shape index (κ1) is 13.3. The highest BCUT2D eigenvalue weighted by Gasteiger charge is 2.43. The Morgan fingerprint density at radius 2 is 2.18 bits per heavy atom. The maximum absolute atomic E-state index is 9.20. The monoisotopic (exact) mass is 241 g/mol. The van der Waals surface area contributed by atoms with Crippen LogP contribution in [0.25, 0.3) is 0 Å². The lowest BCUT2D eigenvalue weighted by Gasteiger charge is -2.35. The lowest BCUT2D eigenvalue weighted by atomic mass is 9.94. The van der Waals surface area contributed by atoms with E-state index in [1.807, 2.05) is 0 Å². The summed E-state index contributed by atoms with van der Waals surface area (Å²) in [7, 11) is 0. The third-order valence-corrected chi connectivity index (χ3v) is 4.51. The molecule has 1 saturated heterocycles. The summed E-state index contributed by atoms with van der Waals surface area (Å²) >= 11 is 0. The molecule has 100 valence electrons. The predicted octanol–water partition coefficient (Wildman–Crippen LogP) is 0.159. The van der Waals surface area contributed by atoms with E-state index in [1.54, 1.807) is 0 Å². The minimum absolute atomic E-state index is 0.0748. The first-order valence-corrected chi connectivity index (χ1v) is 6.93. The first-order chi connectivity index (χ1) is 8.10. The van der Waals surface area contributed by atoms with Gasteiger partial charge in [-0.15, -0.1) is 0 Å². The molecule has 17 heavy (non-hydrogen) atoms. The van der Waals surface area contributed by atoms with Gasteiger partial charge in [0, 0.05) is 43.9 Å². The molecule has 0 spiro atoms. The van der Waals surface area contributed by atoms with Gasteiger partial charge in [0.25, 0.3) is 0 Å². The largest absolute Gasteiger partial charge is 0.396 e. The minimum Gasteiger partial charge on any atom is -0.396 e. The topological polar surface area (TPSA) is 61.5 Å². The summed E-state index contributed by atoms with van der Waals surface area (Å²) in [6.45, 7) is 7.42. The van der Waals surface area contributed by atoms with Gasteiger partial charge in [-0.25, -0.2) is 0 Å². The van der Waals surface area contributed by atoms with Crippen molar-refractivity contribution in [3.8, 4) is 0 Å². The van der Waals surface area contributed by atoms with Crippen molar-refractivity contribution < 1.29 is 5.11 Å². The lowest BCUT2D eigenvalue weighted by Crippen LogP contribution is -2.57. The predicted molar refractivity (Wildman–Crippen MR) is 69.8 cm³/mol. The van der Waals surface area contributed by atoms with Gasteiger partial charge in [-0.3, -0.25) is 4.90 Å². The van der Waals surface area contributed by atoms with E-state index in [-0.39, 0.29) is 18.1 Å². The van der Waals surface area contributed by atoms with Gasteiger partial charge in [0.05, 0.1) is 0 Å². The molecule has 0 aromatic carbocycles. The smallest absolute Gasteiger partial charge is 0.0471 e. The number of hydrogen-bond donors (Lipinski definition) is 3. The quantitative estimate of drug-likeness (QED) is 0.620. The normalized spacial score (nSPS) is 33.9. The van der Waals surface area contributed by atoms with Gasteiger partial charge in [-0.2, -0.15) is 0 Å². The number of aliphatic hydroxyl groups excluding tert-OH is 1. The number of nitrogens with zero attached hydrogens (tertiary/aromatic N) is 1. The molecular weight excluding hydrogens is 214 g/mol. The maximum Gasteiger partial charge on any atom is 0.0471 e. The highest BCUT2D eigenvalue weighted by atomic mass is 16.3. The van der Waals surface area contributed by atoms with Crippen LogP contribution in [-0.4, -0.2) is 53.9 Å². The molecule has 2 rings (SSSR count). The molecular formula is C13H27N3O. The number of likely N-dealkylation sites (tertiary alicyclic amines) is 1. The van der Waals surface area contributed by atoms with Gasteiger partial charge in [-0.1, -0.05) is 6.92 Å². The van der Waals surface area contributed by atoms with E-state index in [1.165, 1.54) is 19.4 Å². The summed E-state index contributed by atoms with van der Waals surface area (Å²) in [4.78, 5) is 2.58. The van der Waals surface area contributed by atoms with Crippen LogP contribution in [0.5, 0.6) is 0 Å². The Hall–Kier alpha value is -0.160. The summed E-state index contributed by atoms with van der Waals surface area (Å²) in [5.74, 6) is 0.286. The average Bonchev–Trinajstić information content (AvgIpc) is 3.11. The van der Waals surface area contributed by atoms with Gasteiger partial charge < -0.3 is 16.2 Å². The van der Waals surface area contributed by atoms with Gasteiger partial charge in [0.1, 0.15) is 0 Å². The highest BCUT2D eigenvalue weighted by Crippen LogP contribution is 2.33. The van der Waals surface area contributed by atoms with Crippen molar-refractivity contribution >= 4 is 0 Å². The van der Waals surface area contributed by atoms with Crippen LogP contribution in [0.1, 0.15) is 33.1 Å². The van der Waals surface area contributed by atoms with E-state index >= 15 is 0 Å². The molecule has 0 radical (unpaired) electrons. The van der Waals surface area contributed by atoms with Gasteiger partial charge >= 0.3 is 0 Å². The number of nitrogens with two attached hydrogens (primary N) is 1. The van der Waals surface area contributed by atoms with Crippen LogP contribution in [-0.2, 0) is 0 Å². The number of hydrogen-bond acceptors (Lipinski definition) is 4. The molecule has 2 aliphatic rings. The van der Waals surface area contributed by atoms with Gasteiger partial charge in [0.2, 0.25) is 0 Å². The Morgan fingerprint density at radius 1 is 1.47 bits per heavy atom. The molecule has 0 aromatic rings. The zero-order valence-corrected chi connectivity index (χ0v) is 11.2. The van der Waals surface area contributed by atoms with Crippen LogP contribution >= 0.6 is 0 Å². The van der Waals surface area contributed by atoms with Crippen LogP contribution in [0.4, 0.5) is 0 Å². The molecule has 4 N–H and O–H groups in total. The summed E-state index contributed by atoms with van der Waals surface area (Å²) in [5, 5.41) is 12.9. The van der Waals surface area contributed by atoms with Crippen molar-refractivity contribution in [2.24, 2.45) is 11.7 Å². The van der Waals surface area contributed by atoms with Crippen molar-refractivity contribution in [2.75, 3.05) is 26.2 Å². The molecule has 4 heteroatoms. The van der Waals surface area contributed by atoms with Crippen molar-refractivity contribution in [1.82, 2.24) is 10.2 Å².